The van der Waals surface area contributed by atoms with Crippen LogP contribution in [-0.2, 0) is 6.54 Å². The fourth-order valence-electron chi connectivity index (χ4n) is 2.48. The number of nitrogens with one attached hydrogen (secondary N) is 1. The molecule has 0 aliphatic carbocycles. The van der Waals surface area contributed by atoms with Gasteiger partial charge in [-0.1, -0.05) is 25.4 Å². The smallest absolute Gasteiger partial charge is 0.0412 e. The maximum Gasteiger partial charge on any atom is 0.0412 e. The summed E-state index contributed by atoms with van der Waals surface area (Å²) in [6, 6.07) is 6.71. The average Bonchev–Trinajstić information content (AvgIpc) is 2.34. The molecule has 1 unspecified atom stereocenters. The third kappa shape index (κ3) is 6.27. The number of halogens is 1. The Balaban J connectivity index is 2.95. The van der Waals surface area contributed by atoms with E-state index in [0.717, 1.165) is 11.6 Å². The molecule has 120 valence electrons. The highest BCUT2D eigenvalue weighted by atomic mass is 35.5. The van der Waals surface area contributed by atoms with Crippen molar-refractivity contribution in [1.82, 2.24) is 5.32 Å². The fraction of sp³-hybridized carbons (Fsp3) is 0.667. The minimum absolute atomic E-state index is 0.0989. The summed E-state index contributed by atoms with van der Waals surface area (Å²) < 4.78 is 0. The predicted molar refractivity (Wildman–Crippen MR) is 95.4 cm³/mol. The number of hydrogen-bond donors (Lipinski definition) is 1. The van der Waals surface area contributed by atoms with E-state index >= 15 is 0 Å². The second kappa shape index (κ2) is 7.51. The largest absolute Gasteiger partial charge is 0.372 e. The fourth-order valence-corrected chi connectivity index (χ4v) is 2.67. The number of benzene rings is 1. The van der Waals surface area contributed by atoms with Gasteiger partial charge >= 0.3 is 0 Å². The van der Waals surface area contributed by atoms with Gasteiger partial charge in [-0.25, -0.2) is 0 Å². The summed E-state index contributed by atoms with van der Waals surface area (Å²) in [6.07, 6.45) is 1.19. The molecule has 0 aliphatic heterocycles. The Bertz CT molecular complexity index is 449. The van der Waals surface area contributed by atoms with Crippen LogP contribution in [0.1, 0.15) is 53.5 Å². The van der Waals surface area contributed by atoms with Crippen molar-refractivity contribution in [2.24, 2.45) is 5.92 Å². The van der Waals surface area contributed by atoms with E-state index in [1.54, 1.807) is 0 Å². The molecular weight excluding hydrogens is 280 g/mol. The monoisotopic (exact) mass is 310 g/mol. The van der Waals surface area contributed by atoms with Crippen LogP contribution in [0, 0.1) is 5.92 Å². The molecule has 2 nitrogen and oxygen atoms in total. The van der Waals surface area contributed by atoms with Crippen LogP contribution < -0.4 is 10.2 Å². The maximum absolute atomic E-state index is 6.19. The highest BCUT2D eigenvalue weighted by Gasteiger charge is 2.16. The van der Waals surface area contributed by atoms with Crippen LogP contribution in [0.4, 0.5) is 5.69 Å². The Morgan fingerprint density at radius 1 is 1.19 bits per heavy atom. The van der Waals surface area contributed by atoms with E-state index in [2.05, 4.69) is 70.9 Å². The van der Waals surface area contributed by atoms with Gasteiger partial charge in [0.15, 0.2) is 0 Å². The summed E-state index contributed by atoms with van der Waals surface area (Å²) in [5.41, 5.74) is 2.63. The van der Waals surface area contributed by atoms with E-state index in [0.29, 0.717) is 12.0 Å². The van der Waals surface area contributed by atoms with Crippen LogP contribution >= 0.6 is 11.6 Å². The van der Waals surface area contributed by atoms with Gasteiger partial charge in [-0.2, -0.15) is 0 Å². The molecule has 0 spiro atoms. The molecule has 0 fully saturated rings. The van der Waals surface area contributed by atoms with E-state index in [9.17, 15) is 0 Å². The molecule has 0 heterocycles. The molecule has 1 atom stereocenters. The van der Waals surface area contributed by atoms with Crippen LogP contribution in [-0.4, -0.2) is 18.6 Å². The molecule has 21 heavy (non-hydrogen) atoms. The molecule has 0 aliphatic rings. The lowest BCUT2D eigenvalue weighted by atomic mass is 10.0. The number of hydrogen-bond acceptors (Lipinski definition) is 2. The topological polar surface area (TPSA) is 15.3 Å². The van der Waals surface area contributed by atoms with Gasteiger partial charge in [0.05, 0.1) is 0 Å². The lowest BCUT2D eigenvalue weighted by Gasteiger charge is -2.31. The summed E-state index contributed by atoms with van der Waals surface area (Å²) in [5, 5.41) is 4.36. The number of rotatable bonds is 6. The average molecular weight is 311 g/mol. The zero-order chi connectivity index (χ0) is 16.2. The molecule has 0 aromatic heterocycles. The molecule has 0 amide bonds. The van der Waals surface area contributed by atoms with Crippen molar-refractivity contribution >= 4 is 17.3 Å². The van der Waals surface area contributed by atoms with Crippen molar-refractivity contribution in [3.8, 4) is 0 Å². The third-order valence-corrected chi connectivity index (χ3v) is 3.94. The van der Waals surface area contributed by atoms with Crippen molar-refractivity contribution < 1.29 is 0 Å². The number of anilines is 1. The molecule has 0 radical (unpaired) electrons. The Labute approximate surface area is 135 Å². The zero-order valence-corrected chi connectivity index (χ0v) is 15.4. The highest BCUT2D eigenvalue weighted by molar-refractivity contribution is 6.30. The van der Waals surface area contributed by atoms with Gasteiger partial charge in [0.1, 0.15) is 0 Å². The Kier molecular flexibility index (Phi) is 6.55. The van der Waals surface area contributed by atoms with E-state index < -0.39 is 0 Å². The van der Waals surface area contributed by atoms with Crippen molar-refractivity contribution in [1.29, 1.82) is 0 Å². The maximum atomic E-state index is 6.19. The van der Waals surface area contributed by atoms with Crippen molar-refractivity contribution in [2.45, 2.75) is 66.1 Å². The van der Waals surface area contributed by atoms with Crippen molar-refractivity contribution in [3.63, 3.8) is 0 Å². The van der Waals surface area contributed by atoms with E-state index in [1.165, 1.54) is 17.7 Å². The summed E-state index contributed by atoms with van der Waals surface area (Å²) in [7, 11) is 2.18. The van der Waals surface area contributed by atoms with Crippen LogP contribution in [0.25, 0.3) is 0 Å². The first kappa shape index (κ1) is 18.3. The summed E-state index contributed by atoms with van der Waals surface area (Å²) >= 11 is 6.19. The quantitative estimate of drug-likeness (QED) is 0.786. The van der Waals surface area contributed by atoms with E-state index in [4.69, 9.17) is 11.6 Å². The normalized spacial score (nSPS) is 13.6. The molecule has 3 heteroatoms. The second-order valence-corrected chi connectivity index (χ2v) is 7.90. The Morgan fingerprint density at radius 2 is 1.81 bits per heavy atom. The van der Waals surface area contributed by atoms with Crippen LogP contribution in [0.15, 0.2) is 18.2 Å². The van der Waals surface area contributed by atoms with Gasteiger partial charge in [-0.15, -0.1) is 0 Å². The molecular formula is C18H31ClN2. The minimum atomic E-state index is 0.0989. The predicted octanol–water partition coefficient (Wildman–Crippen LogP) is 5.10. The summed E-state index contributed by atoms with van der Waals surface area (Å²) in [4.78, 5) is 2.37. The van der Waals surface area contributed by atoms with Gasteiger partial charge in [0.25, 0.3) is 0 Å². The Morgan fingerprint density at radius 3 is 2.33 bits per heavy atom. The molecule has 1 aromatic carbocycles. The Hall–Kier alpha value is -0.730. The first-order chi connectivity index (χ1) is 9.60. The first-order valence-electron chi connectivity index (χ1n) is 7.86. The zero-order valence-electron chi connectivity index (χ0n) is 14.6. The van der Waals surface area contributed by atoms with Crippen molar-refractivity contribution in [3.05, 3.63) is 28.8 Å². The van der Waals surface area contributed by atoms with Gasteiger partial charge in [0, 0.05) is 35.9 Å². The summed E-state index contributed by atoms with van der Waals surface area (Å²) in [5.74, 6) is 0.700. The number of nitrogens with zero attached hydrogens (tertiary/aromatic N) is 1. The molecule has 0 saturated carbocycles. The standard InChI is InChI=1S/C18H31ClN2/c1-13(2)10-14(3)21(7)17-9-8-16(19)11-15(17)12-20-18(4,5)6/h8-9,11,13-14,20H,10,12H2,1-7H3. The van der Waals surface area contributed by atoms with Crippen LogP contribution in [0.3, 0.4) is 0 Å². The molecule has 1 rings (SSSR count). The molecule has 0 saturated heterocycles. The summed E-state index contributed by atoms with van der Waals surface area (Å²) in [6.45, 7) is 14.2. The lowest BCUT2D eigenvalue weighted by Crippen LogP contribution is -2.36. The van der Waals surface area contributed by atoms with Crippen LogP contribution in [0.5, 0.6) is 0 Å². The molecule has 1 N–H and O–H groups in total. The van der Waals surface area contributed by atoms with E-state index in [1.807, 2.05) is 6.07 Å². The highest BCUT2D eigenvalue weighted by Crippen LogP contribution is 2.27. The lowest BCUT2D eigenvalue weighted by molar-refractivity contribution is 0.424. The van der Waals surface area contributed by atoms with Gasteiger partial charge < -0.3 is 10.2 Å². The van der Waals surface area contributed by atoms with Gasteiger partial charge in [0.2, 0.25) is 0 Å². The van der Waals surface area contributed by atoms with Crippen molar-refractivity contribution in [2.75, 3.05) is 11.9 Å². The van der Waals surface area contributed by atoms with Gasteiger partial charge in [-0.3, -0.25) is 0 Å². The molecule has 0 bridgehead atoms. The minimum Gasteiger partial charge on any atom is -0.372 e. The van der Waals surface area contributed by atoms with E-state index in [-0.39, 0.29) is 5.54 Å². The first-order valence-corrected chi connectivity index (χ1v) is 8.24. The van der Waals surface area contributed by atoms with Crippen LogP contribution in [0.2, 0.25) is 5.02 Å². The SMILES string of the molecule is CC(C)CC(C)N(C)c1ccc(Cl)cc1CNC(C)(C)C. The molecule has 1 aromatic rings. The third-order valence-electron chi connectivity index (χ3n) is 3.70. The second-order valence-electron chi connectivity index (χ2n) is 7.47. The van der Waals surface area contributed by atoms with Gasteiger partial charge in [-0.05, 0) is 63.8 Å².